The first-order valence-corrected chi connectivity index (χ1v) is 9.61. The van der Waals surface area contributed by atoms with Crippen molar-refractivity contribution in [2.75, 3.05) is 13.7 Å². The van der Waals surface area contributed by atoms with Gasteiger partial charge in [0.05, 0.1) is 13.7 Å². The Labute approximate surface area is 173 Å². The van der Waals surface area contributed by atoms with E-state index in [4.69, 9.17) is 9.47 Å². The molecule has 2 nitrogen and oxygen atoms in total. The summed E-state index contributed by atoms with van der Waals surface area (Å²) in [6, 6.07) is 12.8. The molecular formula is C24H22F4O2. The van der Waals surface area contributed by atoms with Gasteiger partial charge >= 0.3 is 0 Å². The zero-order chi connectivity index (χ0) is 21.7. The SMILES string of the molecule is CCOCc1ccc(-c2ccc(CCc3ccc(OC)c(F)c3F)cc2)c(F)c1F. The van der Waals surface area contributed by atoms with Gasteiger partial charge in [0.2, 0.25) is 5.82 Å². The van der Waals surface area contributed by atoms with Crippen LogP contribution in [0.1, 0.15) is 23.6 Å². The molecule has 0 aromatic heterocycles. The second-order valence-corrected chi connectivity index (χ2v) is 6.79. The standard InChI is InChI=1S/C24H22F4O2/c1-3-30-14-18-10-12-19(23(27)22(18)26)16-7-4-15(5-8-16)6-9-17-11-13-20(29-2)24(28)21(17)25/h4-5,7-8,10-13H,3,6,9,14H2,1-2H3. The van der Waals surface area contributed by atoms with Crippen LogP contribution in [0.3, 0.4) is 0 Å². The van der Waals surface area contributed by atoms with Crippen molar-refractivity contribution in [2.45, 2.75) is 26.4 Å². The van der Waals surface area contributed by atoms with Crippen LogP contribution in [0.2, 0.25) is 0 Å². The number of benzene rings is 3. The lowest BCUT2D eigenvalue weighted by molar-refractivity contribution is 0.131. The minimum atomic E-state index is -1.00. The quantitative estimate of drug-likeness (QED) is 0.403. The largest absolute Gasteiger partial charge is 0.494 e. The summed E-state index contributed by atoms with van der Waals surface area (Å²) < 4.78 is 66.5. The summed E-state index contributed by atoms with van der Waals surface area (Å²) in [6.07, 6.45) is 0.758. The highest BCUT2D eigenvalue weighted by molar-refractivity contribution is 5.65. The number of hydrogen-bond acceptors (Lipinski definition) is 2. The molecule has 0 aliphatic rings. The maximum absolute atomic E-state index is 14.5. The first-order chi connectivity index (χ1) is 14.5. The van der Waals surface area contributed by atoms with Gasteiger partial charge in [0, 0.05) is 17.7 Å². The average Bonchev–Trinajstić information content (AvgIpc) is 2.76. The molecule has 0 amide bonds. The Morgan fingerprint density at radius 3 is 2.03 bits per heavy atom. The molecule has 0 radical (unpaired) electrons. The van der Waals surface area contributed by atoms with Crippen molar-refractivity contribution in [3.8, 4) is 16.9 Å². The van der Waals surface area contributed by atoms with Crippen molar-refractivity contribution in [1.82, 2.24) is 0 Å². The molecule has 0 aliphatic carbocycles. The van der Waals surface area contributed by atoms with Crippen LogP contribution in [0.4, 0.5) is 17.6 Å². The molecule has 0 bridgehead atoms. The summed E-state index contributed by atoms with van der Waals surface area (Å²) in [5.41, 5.74) is 1.96. The van der Waals surface area contributed by atoms with Gasteiger partial charge < -0.3 is 9.47 Å². The number of rotatable bonds is 8. The topological polar surface area (TPSA) is 18.5 Å². The van der Waals surface area contributed by atoms with Gasteiger partial charge in [0.25, 0.3) is 0 Å². The third-order valence-electron chi connectivity index (χ3n) is 4.92. The Morgan fingerprint density at radius 2 is 1.37 bits per heavy atom. The van der Waals surface area contributed by atoms with Gasteiger partial charge in [-0.05, 0) is 42.5 Å². The zero-order valence-electron chi connectivity index (χ0n) is 16.8. The lowest BCUT2D eigenvalue weighted by Crippen LogP contribution is -2.01. The summed E-state index contributed by atoms with van der Waals surface area (Å²) in [5, 5.41) is 0. The molecular weight excluding hydrogens is 396 g/mol. The first-order valence-electron chi connectivity index (χ1n) is 9.61. The highest BCUT2D eigenvalue weighted by Gasteiger charge is 2.16. The third kappa shape index (κ3) is 4.65. The fourth-order valence-corrected chi connectivity index (χ4v) is 3.19. The number of aryl methyl sites for hydroxylation is 2. The van der Waals surface area contributed by atoms with Crippen molar-refractivity contribution < 1.29 is 27.0 Å². The van der Waals surface area contributed by atoms with E-state index in [1.165, 1.54) is 31.4 Å². The highest BCUT2D eigenvalue weighted by atomic mass is 19.2. The Hall–Kier alpha value is -2.86. The van der Waals surface area contributed by atoms with Crippen LogP contribution in [-0.2, 0) is 24.2 Å². The molecule has 3 aromatic rings. The Kier molecular flexibility index (Phi) is 7.11. The van der Waals surface area contributed by atoms with E-state index in [-0.39, 0.29) is 29.0 Å². The van der Waals surface area contributed by atoms with E-state index in [9.17, 15) is 17.6 Å². The molecule has 0 aliphatic heterocycles. The number of halogens is 4. The average molecular weight is 418 g/mol. The van der Waals surface area contributed by atoms with Gasteiger partial charge in [0.1, 0.15) is 0 Å². The Balaban J connectivity index is 1.73. The summed E-state index contributed by atoms with van der Waals surface area (Å²) in [5.74, 6) is -3.90. The number of hydrogen-bond donors (Lipinski definition) is 0. The van der Waals surface area contributed by atoms with Crippen molar-refractivity contribution in [1.29, 1.82) is 0 Å². The Bertz CT molecular complexity index is 1020. The first kappa shape index (κ1) is 21.8. The molecule has 0 heterocycles. The van der Waals surface area contributed by atoms with Crippen molar-refractivity contribution in [2.24, 2.45) is 0 Å². The molecule has 0 N–H and O–H groups in total. The lowest BCUT2D eigenvalue weighted by atomic mass is 9.98. The van der Waals surface area contributed by atoms with Gasteiger partial charge in [-0.15, -0.1) is 0 Å². The second-order valence-electron chi connectivity index (χ2n) is 6.79. The van der Waals surface area contributed by atoms with Crippen molar-refractivity contribution in [3.63, 3.8) is 0 Å². The highest BCUT2D eigenvalue weighted by Crippen LogP contribution is 2.28. The molecule has 0 saturated heterocycles. The minimum absolute atomic E-state index is 0.0149. The summed E-state index contributed by atoms with van der Waals surface area (Å²) >= 11 is 0. The van der Waals surface area contributed by atoms with E-state index < -0.39 is 23.3 Å². The molecule has 0 atom stereocenters. The maximum Gasteiger partial charge on any atom is 0.200 e. The van der Waals surface area contributed by atoms with E-state index in [0.717, 1.165) is 5.56 Å². The fraction of sp³-hybridized carbons (Fsp3) is 0.250. The third-order valence-corrected chi connectivity index (χ3v) is 4.92. The second kappa shape index (κ2) is 9.76. The van der Waals surface area contributed by atoms with E-state index in [1.54, 1.807) is 31.2 Å². The van der Waals surface area contributed by atoms with Crippen LogP contribution < -0.4 is 4.74 Å². The zero-order valence-corrected chi connectivity index (χ0v) is 16.8. The van der Waals surface area contributed by atoms with Crippen LogP contribution in [0, 0.1) is 23.3 Å². The van der Waals surface area contributed by atoms with Crippen LogP contribution in [0.5, 0.6) is 5.75 Å². The summed E-state index contributed by atoms with van der Waals surface area (Å²) in [7, 11) is 1.28. The van der Waals surface area contributed by atoms with Crippen LogP contribution in [0.25, 0.3) is 11.1 Å². The molecule has 0 fully saturated rings. The maximum atomic E-state index is 14.5. The lowest BCUT2D eigenvalue weighted by Gasteiger charge is -2.10. The molecule has 158 valence electrons. The minimum Gasteiger partial charge on any atom is -0.494 e. The van der Waals surface area contributed by atoms with Crippen LogP contribution in [0.15, 0.2) is 48.5 Å². The molecule has 30 heavy (non-hydrogen) atoms. The van der Waals surface area contributed by atoms with Gasteiger partial charge in [-0.1, -0.05) is 42.5 Å². The van der Waals surface area contributed by atoms with Gasteiger partial charge in [-0.25, -0.2) is 13.2 Å². The molecule has 3 aromatic carbocycles. The molecule has 0 spiro atoms. The molecule has 0 unspecified atom stereocenters. The Morgan fingerprint density at radius 1 is 0.700 bits per heavy atom. The van der Waals surface area contributed by atoms with Gasteiger partial charge in [0.15, 0.2) is 23.2 Å². The van der Waals surface area contributed by atoms with E-state index in [1.807, 2.05) is 0 Å². The summed E-state index contributed by atoms with van der Waals surface area (Å²) in [4.78, 5) is 0. The van der Waals surface area contributed by atoms with Crippen LogP contribution in [-0.4, -0.2) is 13.7 Å². The normalized spacial score (nSPS) is 11.0. The van der Waals surface area contributed by atoms with E-state index in [0.29, 0.717) is 25.0 Å². The van der Waals surface area contributed by atoms with Gasteiger partial charge in [-0.3, -0.25) is 0 Å². The monoisotopic (exact) mass is 418 g/mol. The molecule has 0 saturated carbocycles. The fourth-order valence-electron chi connectivity index (χ4n) is 3.19. The number of ether oxygens (including phenoxy) is 2. The molecule has 6 heteroatoms. The predicted octanol–water partition coefficient (Wildman–Crippen LogP) is 6.24. The molecule has 3 rings (SSSR count). The van der Waals surface area contributed by atoms with E-state index >= 15 is 0 Å². The summed E-state index contributed by atoms with van der Waals surface area (Å²) in [6.45, 7) is 2.21. The van der Waals surface area contributed by atoms with Crippen molar-refractivity contribution >= 4 is 0 Å². The smallest absolute Gasteiger partial charge is 0.200 e. The van der Waals surface area contributed by atoms with Crippen LogP contribution >= 0.6 is 0 Å². The van der Waals surface area contributed by atoms with Gasteiger partial charge in [-0.2, -0.15) is 4.39 Å². The van der Waals surface area contributed by atoms with Crippen molar-refractivity contribution in [3.05, 3.63) is 88.5 Å². The number of methoxy groups -OCH3 is 1. The van der Waals surface area contributed by atoms with E-state index in [2.05, 4.69) is 0 Å². The predicted molar refractivity (Wildman–Crippen MR) is 107 cm³/mol.